The molecule has 51 heavy (non-hydrogen) atoms. The quantitative estimate of drug-likeness (QED) is 0.0391. The van der Waals surface area contributed by atoms with Gasteiger partial charge in [0.05, 0.1) is 60.6 Å². The lowest BCUT2D eigenvalue weighted by Crippen LogP contribution is -2.04. The highest BCUT2D eigenvalue weighted by Gasteiger charge is 2.02. The lowest BCUT2D eigenvalue weighted by atomic mass is 10.2. The van der Waals surface area contributed by atoms with Gasteiger partial charge in [0.15, 0.2) is 0 Å². The van der Waals surface area contributed by atoms with Gasteiger partial charge in [-0.05, 0) is 129 Å². The zero-order valence-corrected chi connectivity index (χ0v) is 28.5. The zero-order chi connectivity index (χ0) is 36.1. The number of carbonyl (C=O) groups excluding carboxylic acids is 2. The Kier molecular flexibility index (Phi) is 15.4. The second-order valence-corrected chi connectivity index (χ2v) is 10.9. The minimum atomic E-state index is -0.416. The van der Waals surface area contributed by atoms with E-state index in [0.29, 0.717) is 67.7 Å². The fourth-order valence-corrected chi connectivity index (χ4v) is 4.21. The SMILES string of the molecule is C=CC(=O)OCCCCOc1ccc(N=Nc2ccc(N=Nc3ccc(N=Nc4ccc(OCCCCOC(=O)C=C)cc4)c(C)c3)cc2)cc1. The molecule has 0 aromatic heterocycles. The van der Waals surface area contributed by atoms with Crippen molar-refractivity contribution >= 4 is 46.1 Å². The van der Waals surface area contributed by atoms with Gasteiger partial charge in [0, 0.05) is 12.2 Å². The van der Waals surface area contributed by atoms with Gasteiger partial charge in [0.2, 0.25) is 0 Å². The molecule has 0 amide bonds. The number of rotatable bonds is 20. The summed E-state index contributed by atoms with van der Waals surface area (Å²) in [6.45, 7) is 10.4. The highest BCUT2D eigenvalue weighted by Crippen LogP contribution is 2.29. The fourth-order valence-electron chi connectivity index (χ4n) is 4.21. The summed E-state index contributed by atoms with van der Waals surface area (Å²) in [5, 5.41) is 26.0. The van der Waals surface area contributed by atoms with Gasteiger partial charge in [-0.25, -0.2) is 9.59 Å². The van der Waals surface area contributed by atoms with E-state index in [-0.39, 0.29) is 0 Å². The van der Waals surface area contributed by atoms with Crippen molar-refractivity contribution < 1.29 is 28.5 Å². The third kappa shape index (κ3) is 14.0. The van der Waals surface area contributed by atoms with Gasteiger partial charge >= 0.3 is 11.9 Å². The summed E-state index contributed by atoms with van der Waals surface area (Å²) in [7, 11) is 0. The van der Waals surface area contributed by atoms with E-state index < -0.39 is 11.9 Å². The second-order valence-electron chi connectivity index (χ2n) is 10.9. The Labute approximate surface area is 297 Å². The first-order valence-corrected chi connectivity index (χ1v) is 16.4. The number of hydrogen-bond acceptors (Lipinski definition) is 12. The summed E-state index contributed by atoms with van der Waals surface area (Å²) in [4.78, 5) is 22.1. The van der Waals surface area contributed by atoms with Crippen molar-refractivity contribution in [3.8, 4) is 11.5 Å². The van der Waals surface area contributed by atoms with Gasteiger partial charge in [-0.15, -0.1) is 0 Å². The van der Waals surface area contributed by atoms with Crippen LogP contribution in [-0.4, -0.2) is 38.4 Å². The highest BCUT2D eigenvalue weighted by molar-refractivity contribution is 5.81. The van der Waals surface area contributed by atoms with Crippen LogP contribution in [0.4, 0.5) is 34.1 Å². The Morgan fingerprint density at radius 2 is 0.863 bits per heavy atom. The number of nitrogens with zero attached hydrogens (tertiary/aromatic N) is 6. The Morgan fingerprint density at radius 1 is 0.510 bits per heavy atom. The van der Waals surface area contributed by atoms with Gasteiger partial charge in [-0.1, -0.05) is 13.2 Å². The third-order valence-electron chi connectivity index (χ3n) is 6.98. The topological polar surface area (TPSA) is 145 Å². The zero-order valence-electron chi connectivity index (χ0n) is 28.5. The van der Waals surface area contributed by atoms with Crippen LogP contribution in [0.5, 0.6) is 11.5 Å². The van der Waals surface area contributed by atoms with Gasteiger partial charge in [-0.2, -0.15) is 30.7 Å². The largest absolute Gasteiger partial charge is 0.494 e. The van der Waals surface area contributed by atoms with Crippen LogP contribution >= 0.6 is 0 Å². The molecule has 0 saturated carbocycles. The van der Waals surface area contributed by atoms with Crippen LogP contribution in [0.2, 0.25) is 0 Å². The maximum atomic E-state index is 11.0. The van der Waals surface area contributed by atoms with Crippen molar-refractivity contribution in [3.05, 3.63) is 122 Å². The minimum absolute atomic E-state index is 0.346. The predicted octanol–water partition coefficient (Wildman–Crippen LogP) is 11.0. The molecule has 0 N–H and O–H groups in total. The summed E-state index contributed by atoms with van der Waals surface area (Å²) in [6.07, 6.45) is 5.25. The lowest BCUT2D eigenvalue weighted by molar-refractivity contribution is -0.138. The minimum Gasteiger partial charge on any atom is -0.494 e. The summed E-state index contributed by atoms with van der Waals surface area (Å²) in [5.74, 6) is 0.623. The van der Waals surface area contributed by atoms with E-state index >= 15 is 0 Å². The molecule has 12 nitrogen and oxygen atoms in total. The molecule has 0 saturated heterocycles. The van der Waals surface area contributed by atoms with Gasteiger partial charge in [0.1, 0.15) is 11.5 Å². The molecule has 0 atom stereocenters. The summed E-state index contributed by atoms with van der Waals surface area (Å²) in [6, 6.07) is 27.6. The van der Waals surface area contributed by atoms with Crippen molar-refractivity contribution in [3.63, 3.8) is 0 Å². The van der Waals surface area contributed by atoms with Gasteiger partial charge in [0.25, 0.3) is 0 Å². The molecule has 12 heteroatoms. The van der Waals surface area contributed by atoms with Crippen molar-refractivity contribution in [2.24, 2.45) is 30.7 Å². The normalized spacial score (nSPS) is 11.2. The van der Waals surface area contributed by atoms with Crippen molar-refractivity contribution in [2.75, 3.05) is 26.4 Å². The lowest BCUT2D eigenvalue weighted by Gasteiger charge is -2.06. The Morgan fingerprint density at radius 3 is 1.27 bits per heavy atom. The van der Waals surface area contributed by atoms with E-state index in [0.717, 1.165) is 47.7 Å². The maximum absolute atomic E-state index is 11.0. The molecular formula is C39H40N6O6. The molecule has 4 aromatic rings. The molecule has 0 heterocycles. The first kappa shape index (κ1) is 37.5. The van der Waals surface area contributed by atoms with Crippen LogP contribution in [0, 0.1) is 6.92 Å². The molecule has 0 aliphatic heterocycles. The predicted molar refractivity (Wildman–Crippen MR) is 195 cm³/mol. The van der Waals surface area contributed by atoms with Crippen LogP contribution in [0.1, 0.15) is 31.2 Å². The smallest absolute Gasteiger partial charge is 0.330 e. The molecule has 0 radical (unpaired) electrons. The molecule has 0 aliphatic rings. The first-order valence-electron chi connectivity index (χ1n) is 16.4. The number of hydrogen-bond donors (Lipinski definition) is 0. The highest BCUT2D eigenvalue weighted by atomic mass is 16.5. The van der Waals surface area contributed by atoms with E-state index in [1.165, 1.54) is 0 Å². The van der Waals surface area contributed by atoms with Crippen LogP contribution < -0.4 is 9.47 Å². The average molecular weight is 689 g/mol. The summed E-state index contributed by atoms with van der Waals surface area (Å²) < 4.78 is 21.3. The summed E-state index contributed by atoms with van der Waals surface area (Å²) in [5.41, 5.74) is 5.08. The number of aryl methyl sites for hydroxylation is 1. The number of azo groups is 3. The maximum Gasteiger partial charge on any atom is 0.330 e. The fraction of sp³-hybridized carbons (Fsp3) is 0.231. The van der Waals surface area contributed by atoms with E-state index in [1.807, 2.05) is 97.9 Å². The Balaban J connectivity index is 1.19. The van der Waals surface area contributed by atoms with Crippen molar-refractivity contribution in [1.29, 1.82) is 0 Å². The Bertz CT molecular complexity index is 1820. The van der Waals surface area contributed by atoms with Crippen LogP contribution in [-0.2, 0) is 19.1 Å². The van der Waals surface area contributed by atoms with E-state index in [9.17, 15) is 9.59 Å². The standard InChI is InChI=1S/C39H40N6O6/c1-4-38(46)50-26-8-6-24-48-35-19-14-32(15-20-35)41-40-30-10-12-31(13-11-30)42-44-34-18-23-37(29(3)28-34)45-43-33-16-21-36(22-17-33)49-25-7-9-27-51-39(47)5-2/h4-5,10-23,28H,1-2,6-9,24-27H2,3H3. The third-order valence-corrected chi connectivity index (χ3v) is 6.98. The van der Waals surface area contributed by atoms with E-state index in [4.69, 9.17) is 18.9 Å². The molecule has 4 aromatic carbocycles. The number of unbranched alkanes of at least 4 members (excludes halogenated alkanes) is 2. The van der Waals surface area contributed by atoms with Crippen LogP contribution in [0.3, 0.4) is 0 Å². The number of carbonyl (C=O) groups is 2. The van der Waals surface area contributed by atoms with E-state index in [2.05, 4.69) is 43.8 Å². The van der Waals surface area contributed by atoms with E-state index in [1.54, 1.807) is 0 Å². The molecule has 262 valence electrons. The molecule has 0 bridgehead atoms. The molecule has 0 spiro atoms. The average Bonchev–Trinajstić information content (AvgIpc) is 3.16. The molecule has 4 rings (SSSR count). The molecule has 0 fully saturated rings. The van der Waals surface area contributed by atoms with Crippen LogP contribution in [0.15, 0.2) is 147 Å². The summed E-state index contributed by atoms with van der Waals surface area (Å²) >= 11 is 0. The monoisotopic (exact) mass is 688 g/mol. The second kappa shape index (κ2) is 20.9. The number of ether oxygens (including phenoxy) is 4. The van der Waals surface area contributed by atoms with Crippen molar-refractivity contribution in [2.45, 2.75) is 32.6 Å². The first-order chi connectivity index (χ1) is 24.9. The van der Waals surface area contributed by atoms with Gasteiger partial charge < -0.3 is 18.9 Å². The molecule has 0 unspecified atom stereocenters. The van der Waals surface area contributed by atoms with Gasteiger partial charge in [-0.3, -0.25) is 0 Å². The number of esters is 2. The number of benzene rings is 4. The Hall–Kier alpha value is -6.30. The molecular weight excluding hydrogens is 648 g/mol. The van der Waals surface area contributed by atoms with Crippen molar-refractivity contribution in [1.82, 2.24) is 0 Å². The van der Waals surface area contributed by atoms with Crippen LogP contribution in [0.25, 0.3) is 0 Å². The molecule has 0 aliphatic carbocycles.